The van der Waals surface area contributed by atoms with Crippen LogP contribution in [-0.4, -0.2) is 53.5 Å². The van der Waals surface area contributed by atoms with Gasteiger partial charge in [-0.25, -0.2) is 21.9 Å². The van der Waals surface area contributed by atoms with Crippen molar-refractivity contribution in [2.45, 2.75) is 4.90 Å². The molecule has 0 bridgehead atoms. The van der Waals surface area contributed by atoms with E-state index in [0.717, 1.165) is 21.5 Å². The topological polar surface area (TPSA) is 133 Å². The molecule has 2 amide bonds. The molecule has 0 fully saturated rings. The number of anilines is 2. The van der Waals surface area contributed by atoms with Crippen LogP contribution in [0.4, 0.5) is 20.6 Å². The van der Waals surface area contributed by atoms with E-state index < -0.39 is 21.9 Å². The Balaban J connectivity index is 1.62. The number of urea groups is 1. The molecule has 0 unspecified atom stereocenters. The highest BCUT2D eigenvalue weighted by Gasteiger charge is 2.18. The predicted molar refractivity (Wildman–Crippen MR) is 130 cm³/mol. The van der Waals surface area contributed by atoms with Gasteiger partial charge in [-0.05, 0) is 58.8 Å². The van der Waals surface area contributed by atoms with Crippen molar-refractivity contribution in [3.63, 3.8) is 0 Å². The fraction of sp³-hybridized carbons (Fsp3) is 0.0909. The predicted octanol–water partition coefficient (Wildman–Crippen LogP) is 4.22. The average Bonchev–Trinajstić information content (AvgIpc) is 3.36. The van der Waals surface area contributed by atoms with E-state index in [0.29, 0.717) is 16.9 Å². The third-order valence-corrected chi connectivity index (χ3v) is 7.12. The number of carbonyl (C=O) groups is 1. The molecule has 1 aromatic heterocycles. The molecule has 35 heavy (non-hydrogen) atoms. The summed E-state index contributed by atoms with van der Waals surface area (Å²) < 4.78 is 39.2. The Bertz CT molecular complexity index is 1480. The van der Waals surface area contributed by atoms with E-state index in [1.165, 1.54) is 38.4 Å². The monoisotopic (exact) mass is 515 g/mol. The number of H-pyrrole nitrogens is 1. The number of hydrogen-bond acceptors (Lipinski definition) is 6. The molecule has 0 aliphatic heterocycles. The number of nitrogens with one attached hydrogen (secondary N) is 3. The van der Waals surface area contributed by atoms with E-state index in [1.807, 2.05) is 0 Å². The number of rotatable bonds is 6. The van der Waals surface area contributed by atoms with E-state index in [-0.39, 0.29) is 15.7 Å². The number of tetrazole rings is 1. The highest BCUT2D eigenvalue weighted by Crippen LogP contribution is 2.32. The summed E-state index contributed by atoms with van der Waals surface area (Å²) in [4.78, 5) is 12.7. The van der Waals surface area contributed by atoms with Crippen molar-refractivity contribution in [3.05, 3.63) is 71.5 Å². The smallest absolute Gasteiger partial charge is 0.308 e. The van der Waals surface area contributed by atoms with Gasteiger partial charge in [-0.15, -0.1) is 10.2 Å². The molecule has 0 saturated carbocycles. The minimum absolute atomic E-state index is 0.121. The molecule has 1 heterocycles. The molecule has 4 rings (SSSR count). The molecule has 0 aliphatic rings. The van der Waals surface area contributed by atoms with Crippen molar-refractivity contribution in [2.24, 2.45) is 0 Å². The van der Waals surface area contributed by atoms with Crippen LogP contribution in [0.15, 0.2) is 65.6 Å². The van der Waals surface area contributed by atoms with Gasteiger partial charge in [0.1, 0.15) is 5.82 Å². The molecule has 180 valence electrons. The Hall–Kier alpha value is -3.87. The molecule has 13 heteroatoms. The summed E-state index contributed by atoms with van der Waals surface area (Å²) in [5.74, 6) is -0.362. The second-order valence-corrected chi connectivity index (χ2v) is 10.1. The van der Waals surface area contributed by atoms with E-state index in [1.54, 1.807) is 30.3 Å². The summed E-state index contributed by atoms with van der Waals surface area (Å²) in [6.45, 7) is 0. The van der Waals surface area contributed by atoms with E-state index in [2.05, 4.69) is 31.3 Å². The summed E-state index contributed by atoms with van der Waals surface area (Å²) in [7, 11) is -0.623. The van der Waals surface area contributed by atoms with Crippen LogP contribution >= 0.6 is 11.6 Å². The van der Waals surface area contributed by atoms with E-state index >= 15 is 0 Å². The largest absolute Gasteiger partial charge is 0.323 e. The lowest BCUT2D eigenvalue weighted by atomic mass is 10.0. The van der Waals surface area contributed by atoms with Crippen LogP contribution in [-0.2, 0) is 10.0 Å². The highest BCUT2D eigenvalue weighted by molar-refractivity contribution is 7.89. The van der Waals surface area contributed by atoms with Crippen LogP contribution in [0.5, 0.6) is 0 Å². The zero-order valence-electron chi connectivity index (χ0n) is 18.5. The molecular formula is C22H19ClFN7O3S. The summed E-state index contributed by atoms with van der Waals surface area (Å²) in [6, 6.07) is 14.8. The summed E-state index contributed by atoms with van der Waals surface area (Å²) in [5.41, 5.74) is 2.62. The van der Waals surface area contributed by atoms with Crippen LogP contribution in [0, 0.1) is 5.82 Å². The van der Waals surface area contributed by atoms with Gasteiger partial charge in [-0.3, -0.25) is 0 Å². The number of hydrogen-bond donors (Lipinski definition) is 3. The van der Waals surface area contributed by atoms with Gasteiger partial charge in [-0.2, -0.15) is 5.21 Å². The molecule has 0 spiro atoms. The van der Waals surface area contributed by atoms with Gasteiger partial charge < -0.3 is 10.6 Å². The molecule has 4 aromatic rings. The number of nitrogens with zero attached hydrogens (tertiary/aromatic N) is 4. The summed E-state index contributed by atoms with van der Waals surface area (Å²) >= 11 is 5.77. The summed E-state index contributed by atoms with van der Waals surface area (Å²) in [5, 5.41) is 19.1. The van der Waals surface area contributed by atoms with Gasteiger partial charge in [0.25, 0.3) is 0 Å². The fourth-order valence-corrected chi connectivity index (χ4v) is 4.26. The molecule has 10 nitrogen and oxygen atoms in total. The lowest BCUT2D eigenvalue weighted by molar-refractivity contribution is 0.262. The van der Waals surface area contributed by atoms with Crippen LogP contribution in [0.3, 0.4) is 0 Å². The zero-order valence-corrected chi connectivity index (χ0v) is 20.0. The minimum Gasteiger partial charge on any atom is -0.308 e. The van der Waals surface area contributed by atoms with Crippen molar-refractivity contribution < 1.29 is 17.6 Å². The molecule has 3 aromatic carbocycles. The van der Waals surface area contributed by atoms with Crippen molar-refractivity contribution >= 4 is 39.0 Å². The van der Waals surface area contributed by atoms with Crippen molar-refractivity contribution in [1.29, 1.82) is 0 Å². The normalized spacial score (nSPS) is 11.5. The molecular weight excluding hydrogens is 497 g/mol. The number of halogens is 2. The number of sulfonamides is 1. The lowest BCUT2D eigenvalue weighted by Crippen LogP contribution is -2.22. The minimum atomic E-state index is -3.55. The number of carbonyl (C=O) groups excluding carboxylic acids is 1. The SMILES string of the molecule is CN(C)S(=O)(=O)c1ccc(-c2ccc(NC(=O)Nc3ccc(F)c(Cl)c3)c(-c3nn[nH]n3)c2)cc1. The standard InChI is InChI=1S/C22H19ClFN7O3S/c1-31(2)35(33,34)16-7-3-13(4-8-16)14-5-10-20(17(11-14)21-27-29-30-28-21)26-22(32)25-15-6-9-19(24)18(23)12-15/h3-12H,1-2H3,(H2,25,26,32)(H,27,28,29,30). The first-order chi connectivity index (χ1) is 16.6. The number of aromatic nitrogens is 4. The Morgan fingerprint density at radius 1 is 1.00 bits per heavy atom. The first-order valence-corrected chi connectivity index (χ1v) is 11.9. The van der Waals surface area contributed by atoms with Gasteiger partial charge in [0.05, 0.1) is 15.6 Å². The van der Waals surface area contributed by atoms with Crippen LogP contribution in [0.2, 0.25) is 5.02 Å². The quantitative estimate of drug-likeness (QED) is 0.352. The third-order valence-electron chi connectivity index (χ3n) is 5.00. The van der Waals surface area contributed by atoms with Gasteiger partial charge >= 0.3 is 6.03 Å². The Kier molecular flexibility index (Phi) is 6.78. The molecule has 0 atom stereocenters. The number of aromatic amines is 1. The van der Waals surface area contributed by atoms with Gasteiger partial charge in [0.15, 0.2) is 0 Å². The highest BCUT2D eigenvalue weighted by atomic mass is 35.5. The number of benzene rings is 3. The lowest BCUT2D eigenvalue weighted by Gasteiger charge is -2.14. The van der Waals surface area contributed by atoms with E-state index in [9.17, 15) is 17.6 Å². The van der Waals surface area contributed by atoms with Gasteiger partial charge in [-0.1, -0.05) is 29.8 Å². The second-order valence-electron chi connectivity index (χ2n) is 7.52. The summed E-state index contributed by atoms with van der Waals surface area (Å²) in [6.07, 6.45) is 0. The average molecular weight is 516 g/mol. The number of amides is 2. The molecule has 0 aliphatic carbocycles. The second kappa shape index (κ2) is 9.78. The first-order valence-electron chi connectivity index (χ1n) is 10.1. The van der Waals surface area contributed by atoms with Crippen molar-refractivity contribution in [3.8, 4) is 22.5 Å². The third kappa shape index (κ3) is 5.29. The van der Waals surface area contributed by atoms with Crippen LogP contribution in [0.25, 0.3) is 22.5 Å². The zero-order chi connectivity index (χ0) is 25.2. The Labute approximate surface area is 205 Å². The first kappa shape index (κ1) is 24.3. The van der Waals surface area contributed by atoms with Gasteiger partial charge in [0.2, 0.25) is 15.8 Å². The van der Waals surface area contributed by atoms with Crippen molar-refractivity contribution in [2.75, 3.05) is 24.7 Å². The molecule has 0 saturated heterocycles. The van der Waals surface area contributed by atoms with Gasteiger partial charge in [0, 0.05) is 25.3 Å². The molecule has 0 radical (unpaired) electrons. The maximum atomic E-state index is 13.4. The Morgan fingerprint density at radius 3 is 2.34 bits per heavy atom. The fourth-order valence-electron chi connectivity index (χ4n) is 3.18. The maximum absolute atomic E-state index is 13.4. The van der Waals surface area contributed by atoms with E-state index in [4.69, 9.17) is 11.6 Å². The van der Waals surface area contributed by atoms with Crippen LogP contribution < -0.4 is 10.6 Å². The van der Waals surface area contributed by atoms with Crippen molar-refractivity contribution in [1.82, 2.24) is 24.9 Å². The Morgan fingerprint density at radius 2 is 1.71 bits per heavy atom. The maximum Gasteiger partial charge on any atom is 0.323 e. The van der Waals surface area contributed by atoms with Crippen LogP contribution in [0.1, 0.15) is 0 Å². The molecule has 3 N–H and O–H groups in total.